The molecule has 0 radical (unpaired) electrons. The van der Waals surface area contributed by atoms with Gasteiger partial charge < -0.3 is 15.7 Å². The van der Waals surface area contributed by atoms with E-state index < -0.39 is 29.4 Å². The number of carbonyl (C=O) groups excluding carboxylic acids is 2. The van der Waals surface area contributed by atoms with Crippen LogP contribution in [0.3, 0.4) is 0 Å². The summed E-state index contributed by atoms with van der Waals surface area (Å²) in [6, 6.07) is 5.09. The van der Waals surface area contributed by atoms with Gasteiger partial charge in [0.25, 0.3) is 0 Å². The molecule has 132 valence electrons. The molecule has 3 N–H and O–H groups in total. The fourth-order valence-electron chi connectivity index (χ4n) is 1.90. The van der Waals surface area contributed by atoms with Crippen LogP contribution in [0.1, 0.15) is 45.7 Å². The molecular weight excluding hydrogens is 332 g/mol. The average molecular weight is 355 g/mol. The predicted molar refractivity (Wildman–Crippen MR) is 91.6 cm³/mol. The predicted octanol–water partition coefficient (Wildman–Crippen LogP) is 2.52. The first kappa shape index (κ1) is 20.0. The van der Waals surface area contributed by atoms with E-state index in [1.165, 1.54) is 0 Å². The number of carboxylic acids is 1. The molecule has 0 aliphatic heterocycles. The van der Waals surface area contributed by atoms with Gasteiger partial charge in [-0.3, -0.25) is 14.4 Å². The zero-order valence-corrected chi connectivity index (χ0v) is 15.0. The van der Waals surface area contributed by atoms with Crippen molar-refractivity contribution < 1.29 is 19.5 Å². The van der Waals surface area contributed by atoms with E-state index in [1.807, 2.05) is 0 Å². The monoisotopic (exact) mass is 354 g/mol. The van der Waals surface area contributed by atoms with Gasteiger partial charge in [-0.25, -0.2) is 0 Å². The van der Waals surface area contributed by atoms with Crippen LogP contribution in [-0.4, -0.2) is 28.9 Å². The molecule has 1 aromatic rings. The fraction of sp³-hybridized carbons (Fsp3) is 0.471. The van der Waals surface area contributed by atoms with E-state index in [9.17, 15) is 14.4 Å². The lowest BCUT2D eigenvalue weighted by Gasteiger charge is -2.24. The minimum absolute atomic E-state index is 0.258. The number of aliphatic carboxylic acids is 1. The Hall–Kier alpha value is -2.08. The highest BCUT2D eigenvalue weighted by Crippen LogP contribution is 2.20. The quantitative estimate of drug-likeness (QED) is 0.731. The number of carbonyl (C=O) groups is 3. The van der Waals surface area contributed by atoms with Crippen LogP contribution >= 0.6 is 11.6 Å². The van der Waals surface area contributed by atoms with E-state index in [0.29, 0.717) is 10.6 Å². The lowest BCUT2D eigenvalue weighted by molar-refractivity contribution is -0.138. The third-order valence-electron chi connectivity index (χ3n) is 3.39. The van der Waals surface area contributed by atoms with Gasteiger partial charge in [0.2, 0.25) is 11.8 Å². The summed E-state index contributed by atoms with van der Waals surface area (Å²) in [6.07, 6.45) is -0.271. The summed E-state index contributed by atoms with van der Waals surface area (Å²) in [7, 11) is 0. The number of hydrogen-bond acceptors (Lipinski definition) is 3. The molecule has 0 aromatic heterocycles. The second-order valence-electron chi connectivity index (χ2n) is 6.66. The SMILES string of the molecule is CC(NC(=O)C(C)(C)C)C(=O)N[C@@H](CC(=O)O)c1ccc(Cl)cc1. The largest absolute Gasteiger partial charge is 0.481 e. The van der Waals surface area contributed by atoms with Crippen LogP contribution in [-0.2, 0) is 14.4 Å². The molecule has 1 aromatic carbocycles. The first-order chi connectivity index (χ1) is 11.0. The minimum Gasteiger partial charge on any atom is -0.481 e. The fourth-order valence-corrected chi connectivity index (χ4v) is 2.02. The molecule has 0 aliphatic carbocycles. The van der Waals surface area contributed by atoms with Gasteiger partial charge in [-0.15, -0.1) is 0 Å². The number of benzene rings is 1. The standard InChI is InChI=1S/C17H23ClN2O4/c1-10(19-16(24)17(2,3)4)15(23)20-13(9-14(21)22)11-5-7-12(18)8-6-11/h5-8,10,13H,9H2,1-4H3,(H,19,24)(H,20,23)(H,21,22)/t10?,13-/m0/s1. The van der Waals surface area contributed by atoms with Gasteiger partial charge >= 0.3 is 5.97 Å². The molecule has 1 unspecified atom stereocenters. The van der Waals surface area contributed by atoms with Crippen molar-refractivity contribution >= 4 is 29.4 Å². The second kappa shape index (κ2) is 8.15. The molecule has 0 heterocycles. The molecule has 0 aliphatic rings. The molecule has 1 rings (SSSR count). The van der Waals surface area contributed by atoms with Crippen molar-refractivity contribution in [2.24, 2.45) is 5.41 Å². The van der Waals surface area contributed by atoms with E-state index in [0.717, 1.165) is 0 Å². The van der Waals surface area contributed by atoms with Crippen molar-refractivity contribution in [1.82, 2.24) is 10.6 Å². The van der Waals surface area contributed by atoms with E-state index in [4.69, 9.17) is 16.7 Å². The Balaban J connectivity index is 2.82. The lowest BCUT2D eigenvalue weighted by Crippen LogP contribution is -2.49. The Kier molecular flexibility index (Phi) is 6.78. The van der Waals surface area contributed by atoms with Crippen LogP contribution < -0.4 is 10.6 Å². The Labute approximate surface area is 146 Å². The molecule has 6 nitrogen and oxygen atoms in total. The van der Waals surface area contributed by atoms with Gasteiger partial charge in [0.15, 0.2) is 0 Å². The number of amides is 2. The van der Waals surface area contributed by atoms with Crippen molar-refractivity contribution in [2.75, 3.05) is 0 Å². The normalized spacial score (nSPS) is 13.7. The molecule has 2 atom stereocenters. The van der Waals surface area contributed by atoms with Crippen molar-refractivity contribution in [3.8, 4) is 0 Å². The minimum atomic E-state index is -1.04. The van der Waals surface area contributed by atoms with Crippen LogP contribution in [0, 0.1) is 5.41 Å². The Bertz CT molecular complexity index is 608. The summed E-state index contributed by atoms with van der Waals surface area (Å²) < 4.78 is 0. The molecule has 0 fully saturated rings. The van der Waals surface area contributed by atoms with Gasteiger partial charge in [0, 0.05) is 10.4 Å². The van der Waals surface area contributed by atoms with E-state index in [2.05, 4.69) is 10.6 Å². The third-order valence-corrected chi connectivity index (χ3v) is 3.64. The third kappa shape index (κ3) is 6.20. The molecule has 0 saturated carbocycles. The smallest absolute Gasteiger partial charge is 0.305 e. The summed E-state index contributed by atoms with van der Waals surface area (Å²) >= 11 is 5.83. The summed E-state index contributed by atoms with van der Waals surface area (Å²) in [4.78, 5) is 35.3. The van der Waals surface area contributed by atoms with E-state index in [-0.39, 0.29) is 12.3 Å². The molecule has 0 spiro atoms. The van der Waals surface area contributed by atoms with E-state index >= 15 is 0 Å². The highest BCUT2D eigenvalue weighted by molar-refractivity contribution is 6.30. The molecule has 0 bridgehead atoms. The maximum atomic E-state index is 12.3. The number of halogens is 1. The van der Waals surface area contributed by atoms with Gasteiger partial charge in [-0.05, 0) is 24.6 Å². The first-order valence-electron chi connectivity index (χ1n) is 7.59. The van der Waals surface area contributed by atoms with Crippen LogP contribution in [0.2, 0.25) is 5.02 Å². The van der Waals surface area contributed by atoms with Crippen LogP contribution in [0.4, 0.5) is 0 Å². The maximum absolute atomic E-state index is 12.3. The van der Waals surface area contributed by atoms with E-state index in [1.54, 1.807) is 52.0 Å². The van der Waals surface area contributed by atoms with Crippen molar-refractivity contribution in [1.29, 1.82) is 0 Å². The van der Waals surface area contributed by atoms with Crippen molar-refractivity contribution in [2.45, 2.75) is 46.2 Å². The molecule has 24 heavy (non-hydrogen) atoms. The Morgan fingerprint density at radius 2 is 1.67 bits per heavy atom. The summed E-state index contributed by atoms with van der Waals surface area (Å²) in [5, 5.41) is 14.9. The summed E-state index contributed by atoms with van der Waals surface area (Å²) in [5.41, 5.74) is 0.00931. The average Bonchev–Trinajstić information content (AvgIpc) is 2.45. The Morgan fingerprint density at radius 3 is 2.12 bits per heavy atom. The van der Waals surface area contributed by atoms with Crippen LogP contribution in [0.25, 0.3) is 0 Å². The molecule has 2 amide bonds. The number of nitrogens with one attached hydrogen (secondary N) is 2. The lowest BCUT2D eigenvalue weighted by atomic mass is 9.95. The van der Waals surface area contributed by atoms with Gasteiger partial charge in [-0.2, -0.15) is 0 Å². The zero-order chi connectivity index (χ0) is 18.5. The van der Waals surface area contributed by atoms with Gasteiger partial charge in [0.05, 0.1) is 12.5 Å². The van der Waals surface area contributed by atoms with Crippen LogP contribution in [0.5, 0.6) is 0 Å². The highest BCUT2D eigenvalue weighted by Gasteiger charge is 2.27. The highest BCUT2D eigenvalue weighted by atomic mass is 35.5. The molecular formula is C17H23ClN2O4. The topological polar surface area (TPSA) is 95.5 Å². The van der Waals surface area contributed by atoms with Crippen molar-refractivity contribution in [3.05, 3.63) is 34.9 Å². The first-order valence-corrected chi connectivity index (χ1v) is 7.97. The number of carboxylic acid groups (broad SMARTS) is 1. The van der Waals surface area contributed by atoms with Crippen LogP contribution in [0.15, 0.2) is 24.3 Å². The summed E-state index contributed by atoms with van der Waals surface area (Å²) in [5.74, 6) is -1.75. The molecule has 0 saturated heterocycles. The Morgan fingerprint density at radius 1 is 1.12 bits per heavy atom. The zero-order valence-electron chi connectivity index (χ0n) is 14.2. The van der Waals surface area contributed by atoms with Crippen molar-refractivity contribution in [3.63, 3.8) is 0 Å². The summed E-state index contributed by atoms with van der Waals surface area (Å²) in [6.45, 7) is 6.79. The molecule has 7 heteroatoms. The van der Waals surface area contributed by atoms with Gasteiger partial charge in [-0.1, -0.05) is 44.5 Å². The van der Waals surface area contributed by atoms with Gasteiger partial charge in [0.1, 0.15) is 6.04 Å². The number of hydrogen-bond donors (Lipinski definition) is 3. The second-order valence-corrected chi connectivity index (χ2v) is 7.09. The maximum Gasteiger partial charge on any atom is 0.305 e. The number of rotatable bonds is 6.